The Labute approximate surface area is 155 Å². The molecule has 0 atom stereocenters. The Hall–Kier alpha value is -2.93. The van der Waals surface area contributed by atoms with E-state index in [9.17, 15) is 9.59 Å². The van der Waals surface area contributed by atoms with Crippen molar-refractivity contribution in [3.63, 3.8) is 0 Å². The Morgan fingerprint density at radius 2 is 1.96 bits per heavy atom. The Balaban J connectivity index is 1.45. The minimum absolute atomic E-state index is 0.0898. The van der Waals surface area contributed by atoms with Crippen molar-refractivity contribution in [2.75, 3.05) is 6.54 Å². The fourth-order valence-corrected chi connectivity index (χ4v) is 3.16. The van der Waals surface area contributed by atoms with E-state index in [0.29, 0.717) is 25.2 Å². The molecule has 3 rings (SSSR count). The fraction of sp³-hybridized carbons (Fsp3) is 0.211. The monoisotopic (exact) mass is 368 g/mol. The quantitative estimate of drug-likeness (QED) is 0.641. The van der Waals surface area contributed by atoms with E-state index in [0.717, 1.165) is 11.1 Å². The molecule has 0 bridgehead atoms. The summed E-state index contributed by atoms with van der Waals surface area (Å²) in [7, 11) is 0. The van der Waals surface area contributed by atoms with E-state index in [1.54, 1.807) is 24.0 Å². The molecule has 3 aromatic rings. The van der Waals surface area contributed by atoms with Gasteiger partial charge in [0.05, 0.1) is 6.33 Å². The zero-order chi connectivity index (χ0) is 18.2. The molecule has 0 aliphatic rings. The van der Waals surface area contributed by atoms with Gasteiger partial charge in [-0.15, -0.1) is 0 Å². The molecular formula is C19H20N4O2S. The Kier molecular flexibility index (Phi) is 6.16. The second kappa shape index (κ2) is 8.96. The fourth-order valence-electron chi connectivity index (χ4n) is 2.53. The predicted molar refractivity (Wildman–Crippen MR) is 101 cm³/mol. The molecule has 0 unspecified atom stereocenters. The van der Waals surface area contributed by atoms with Crippen LogP contribution in [0, 0.1) is 0 Å². The average molecular weight is 368 g/mol. The molecule has 0 saturated carbocycles. The van der Waals surface area contributed by atoms with Crippen LogP contribution in [-0.4, -0.2) is 27.9 Å². The SMILES string of the molecule is O=C(CCNC(=O)c1ccsc1)NCc1ccccc1Cn1ccnc1. The first-order valence-corrected chi connectivity index (χ1v) is 9.26. The maximum Gasteiger partial charge on any atom is 0.252 e. The minimum atomic E-state index is -0.148. The molecular weight excluding hydrogens is 348 g/mol. The van der Waals surface area contributed by atoms with E-state index in [1.165, 1.54) is 11.3 Å². The summed E-state index contributed by atoms with van der Waals surface area (Å²) in [5.41, 5.74) is 2.83. The van der Waals surface area contributed by atoms with Gasteiger partial charge in [-0.3, -0.25) is 9.59 Å². The highest BCUT2D eigenvalue weighted by molar-refractivity contribution is 7.08. The van der Waals surface area contributed by atoms with Crippen LogP contribution in [0.15, 0.2) is 59.8 Å². The van der Waals surface area contributed by atoms with Crippen LogP contribution in [0.2, 0.25) is 0 Å². The van der Waals surface area contributed by atoms with E-state index in [1.807, 2.05) is 40.4 Å². The lowest BCUT2D eigenvalue weighted by Crippen LogP contribution is -2.30. The van der Waals surface area contributed by atoms with Gasteiger partial charge in [0.15, 0.2) is 0 Å². The zero-order valence-electron chi connectivity index (χ0n) is 14.2. The van der Waals surface area contributed by atoms with Gasteiger partial charge in [-0.05, 0) is 22.6 Å². The maximum absolute atomic E-state index is 12.0. The normalized spacial score (nSPS) is 10.5. The molecule has 26 heavy (non-hydrogen) atoms. The first kappa shape index (κ1) is 17.9. The van der Waals surface area contributed by atoms with Gasteiger partial charge < -0.3 is 15.2 Å². The summed E-state index contributed by atoms with van der Waals surface area (Å²) in [6.07, 6.45) is 5.67. The number of aromatic nitrogens is 2. The Morgan fingerprint density at radius 3 is 2.69 bits per heavy atom. The molecule has 0 aliphatic carbocycles. The molecule has 0 spiro atoms. The molecule has 2 heterocycles. The molecule has 134 valence electrons. The number of benzene rings is 1. The summed E-state index contributed by atoms with van der Waals surface area (Å²) >= 11 is 1.47. The number of hydrogen-bond acceptors (Lipinski definition) is 4. The second-order valence-electron chi connectivity index (χ2n) is 5.80. The van der Waals surface area contributed by atoms with Gasteiger partial charge in [0.2, 0.25) is 5.91 Å². The van der Waals surface area contributed by atoms with Crippen molar-refractivity contribution < 1.29 is 9.59 Å². The topological polar surface area (TPSA) is 76.0 Å². The highest BCUT2D eigenvalue weighted by atomic mass is 32.1. The lowest BCUT2D eigenvalue weighted by Gasteiger charge is -2.11. The summed E-state index contributed by atoms with van der Waals surface area (Å²) in [4.78, 5) is 27.9. The number of hydrogen-bond donors (Lipinski definition) is 2. The molecule has 6 nitrogen and oxygen atoms in total. The highest BCUT2D eigenvalue weighted by Gasteiger charge is 2.08. The second-order valence-corrected chi connectivity index (χ2v) is 6.58. The van der Waals surface area contributed by atoms with E-state index < -0.39 is 0 Å². The van der Waals surface area contributed by atoms with Crippen molar-refractivity contribution in [1.29, 1.82) is 0 Å². The van der Waals surface area contributed by atoms with Crippen molar-refractivity contribution in [3.8, 4) is 0 Å². The van der Waals surface area contributed by atoms with Crippen molar-refractivity contribution >= 4 is 23.2 Å². The number of rotatable bonds is 8. The van der Waals surface area contributed by atoms with Crippen LogP contribution in [-0.2, 0) is 17.9 Å². The zero-order valence-corrected chi connectivity index (χ0v) is 15.0. The van der Waals surface area contributed by atoms with E-state index >= 15 is 0 Å². The summed E-state index contributed by atoms with van der Waals surface area (Å²) in [5.74, 6) is -0.238. The first-order chi connectivity index (χ1) is 12.7. The van der Waals surface area contributed by atoms with Gasteiger partial charge in [0, 0.05) is 49.4 Å². The van der Waals surface area contributed by atoms with E-state index in [4.69, 9.17) is 0 Å². The highest BCUT2D eigenvalue weighted by Crippen LogP contribution is 2.10. The number of nitrogens with one attached hydrogen (secondary N) is 2. The standard InChI is InChI=1S/C19H20N4O2S/c24-18(5-7-21-19(25)17-6-10-26-13-17)22-11-15-3-1-2-4-16(15)12-23-9-8-20-14-23/h1-4,6,8-10,13-14H,5,7,11-12H2,(H,21,25)(H,22,24). The van der Waals surface area contributed by atoms with Crippen molar-refractivity contribution in [2.24, 2.45) is 0 Å². The average Bonchev–Trinajstić information content (AvgIpc) is 3.35. The molecule has 0 saturated heterocycles. The van der Waals surface area contributed by atoms with E-state index in [-0.39, 0.29) is 18.2 Å². The third-order valence-corrected chi connectivity index (χ3v) is 4.61. The molecule has 1 aromatic carbocycles. The largest absolute Gasteiger partial charge is 0.352 e. The van der Waals surface area contributed by atoms with Gasteiger partial charge in [-0.2, -0.15) is 11.3 Å². The minimum Gasteiger partial charge on any atom is -0.352 e. The maximum atomic E-state index is 12.0. The number of thiophene rings is 1. The number of carbonyl (C=O) groups excluding carboxylic acids is 2. The molecule has 2 N–H and O–H groups in total. The van der Waals surface area contributed by atoms with Gasteiger partial charge in [0.25, 0.3) is 5.91 Å². The molecule has 0 aliphatic heterocycles. The van der Waals surface area contributed by atoms with Crippen LogP contribution >= 0.6 is 11.3 Å². The molecule has 2 amide bonds. The molecule has 0 fully saturated rings. The number of imidazole rings is 1. The molecule has 0 radical (unpaired) electrons. The number of amides is 2. The molecule has 2 aromatic heterocycles. The summed E-state index contributed by atoms with van der Waals surface area (Å²) in [5, 5.41) is 9.30. The van der Waals surface area contributed by atoms with Gasteiger partial charge >= 0.3 is 0 Å². The van der Waals surface area contributed by atoms with Gasteiger partial charge in [0.1, 0.15) is 0 Å². The van der Waals surface area contributed by atoms with E-state index in [2.05, 4.69) is 15.6 Å². The van der Waals surface area contributed by atoms with Crippen LogP contribution < -0.4 is 10.6 Å². The lowest BCUT2D eigenvalue weighted by atomic mass is 10.1. The van der Waals surface area contributed by atoms with Gasteiger partial charge in [-0.25, -0.2) is 4.98 Å². The van der Waals surface area contributed by atoms with Crippen LogP contribution in [0.1, 0.15) is 27.9 Å². The lowest BCUT2D eigenvalue weighted by molar-refractivity contribution is -0.121. The van der Waals surface area contributed by atoms with Crippen molar-refractivity contribution in [2.45, 2.75) is 19.5 Å². The van der Waals surface area contributed by atoms with Gasteiger partial charge in [-0.1, -0.05) is 24.3 Å². The van der Waals surface area contributed by atoms with Crippen molar-refractivity contribution in [3.05, 3.63) is 76.5 Å². The number of nitrogens with zero attached hydrogens (tertiary/aromatic N) is 2. The number of carbonyl (C=O) groups is 2. The first-order valence-electron chi connectivity index (χ1n) is 8.32. The Morgan fingerprint density at radius 1 is 1.12 bits per heavy atom. The van der Waals surface area contributed by atoms with Crippen LogP contribution in [0.25, 0.3) is 0 Å². The summed E-state index contributed by atoms with van der Waals surface area (Å²) in [6.45, 7) is 1.49. The summed E-state index contributed by atoms with van der Waals surface area (Å²) < 4.78 is 1.99. The van der Waals surface area contributed by atoms with Crippen LogP contribution in [0.4, 0.5) is 0 Å². The third-order valence-electron chi connectivity index (χ3n) is 3.93. The third kappa shape index (κ3) is 5.03. The smallest absolute Gasteiger partial charge is 0.252 e. The Bertz CT molecular complexity index is 844. The predicted octanol–water partition coefficient (Wildman–Crippen LogP) is 2.43. The van der Waals surface area contributed by atoms with Crippen LogP contribution in [0.5, 0.6) is 0 Å². The molecule has 7 heteroatoms. The summed E-state index contributed by atoms with van der Waals surface area (Å²) in [6, 6.07) is 9.75. The van der Waals surface area contributed by atoms with Crippen LogP contribution in [0.3, 0.4) is 0 Å². The van der Waals surface area contributed by atoms with Crippen molar-refractivity contribution in [1.82, 2.24) is 20.2 Å².